The number of piperidine rings is 1. The van der Waals surface area contributed by atoms with E-state index in [-0.39, 0.29) is 12.3 Å². The van der Waals surface area contributed by atoms with Crippen LogP contribution in [-0.2, 0) is 22.2 Å². The summed E-state index contributed by atoms with van der Waals surface area (Å²) in [5.74, 6) is -1.25. The van der Waals surface area contributed by atoms with E-state index >= 15 is 0 Å². The summed E-state index contributed by atoms with van der Waals surface area (Å²) in [7, 11) is 2.64. The van der Waals surface area contributed by atoms with E-state index in [1.165, 1.54) is 20.2 Å². The molecule has 0 radical (unpaired) electrons. The first-order valence-corrected chi connectivity index (χ1v) is 11.2. The van der Waals surface area contributed by atoms with Crippen LogP contribution in [0.4, 0.5) is 23.7 Å². The fourth-order valence-corrected chi connectivity index (χ4v) is 5.88. The van der Waals surface area contributed by atoms with Gasteiger partial charge in [0.15, 0.2) is 5.41 Å². The van der Waals surface area contributed by atoms with Gasteiger partial charge in [-0.1, -0.05) is 30.3 Å². The summed E-state index contributed by atoms with van der Waals surface area (Å²) in [4.78, 5) is 43.6. The lowest BCUT2D eigenvalue weighted by Crippen LogP contribution is -2.72. The molecule has 4 amide bonds. The minimum Gasteiger partial charge on any atom is -0.367 e. The lowest BCUT2D eigenvalue weighted by molar-refractivity contribution is -0.159. The quantitative estimate of drug-likeness (QED) is 0.589. The van der Waals surface area contributed by atoms with Gasteiger partial charge in [-0.05, 0) is 54.5 Å². The Morgan fingerprint density at radius 1 is 0.941 bits per heavy atom. The van der Waals surface area contributed by atoms with Crippen molar-refractivity contribution in [3.05, 3.63) is 65.2 Å². The van der Waals surface area contributed by atoms with E-state index in [2.05, 4.69) is 0 Å². The number of rotatable bonds is 1. The third kappa shape index (κ3) is 3.13. The first kappa shape index (κ1) is 22.4. The zero-order chi connectivity index (χ0) is 24.4. The average molecular weight is 471 g/mol. The predicted octanol–water partition coefficient (Wildman–Crippen LogP) is 4.05. The number of carbonyl (C=O) groups is 3. The molecule has 5 rings (SSSR count). The van der Waals surface area contributed by atoms with Gasteiger partial charge in [0.25, 0.3) is 0 Å². The molecule has 2 fully saturated rings. The third-order valence-electron chi connectivity index (χ3n) is 7.57. The molecule has 34 heavy (non-hydrogen) atoms. The van der Waals surface area contributed by atoms with Gasteiger partial charge in [0.2, 0.25) is 11.8 Å². The Bertz CT molecular complexity index is 1160. The van der Waals surface area contributed by atoms with Crippen LogP contribution < -0.4 is 4.90 Å². The Morgan fingerprint density at radius 3 is 2.21 bits per heavy atom. The number of alkyl halides is 3. The molecule has 178 valence electrons. The summed E-state index contributed by atoms with van der Waals surface area (Å²) >= 11 is 0. The van der Waals surface area contributed by atoms with Crippen LogP contribution in [0, 0.1) is 5.41 Å². The van der Waals surface area contributed by atoms with Gasteiger partial charge in [-0.2, -0.15) is 13.2 Å². The van der Waals surface area contributed by atoms with Crippen molar-refractivity contribution in [2.75, 3.05) is 25.5 Å². The highest BCUT2D eigenvalue weighted by Gasteiger charge is 2.64. The molecular weight excluding hydrogens is 447 g/mol. The maximum atomic E-state index is 13.7. The Kier molecular flexibility index (Phi) is 5.00. The minimum absolute atomic E-state index is 0.0733. The predicted molar refractivity (Wildman–Crippen MR) is 118 cm³/mol. The molecule has 3 aliphatic heterocycles. The Hall–Kier alpha value is -3.36. The summed E-state index contributed by atoms with van der Waals surface area (Å²) in [5, 5.41) is 0. The second kappa shape index (κ2) is 7.58. The molecule has 2 saturated heterocycles. The monoisotopic (exact) mass is 471 g/mol. The number of halogens is 3. The Labute approximate surface area is 194 Å². The van der Waals surface area contributed by atoms with Crippen LogP contribution >= 0.6 is 0 Å². The fraction of sp³-hybridized carbons (Fsp3) is 0.400. The van der Waals surface area contributed by atoms with Gasteiger partial charge < -0.3 is 4.90 Å². The van der Waals surface area contributed by atoms with Crippen LogP contribution in [0.15, 0.2) is 48.5 Å². The normalized spacial score (nSPS) is 24.4. The largest absolute Gasteiger partial charge is 0.416 e. The van der Waals surface area contributed by atoms with Crippen molar-refractivity contribution < 1.29 is 27.6 Å². The van der Waals surface area contributed by atoms with Gasteiger partial charge in [0.1, 0.15) is 0 Å². The molecule has 3 heterocycles. The van der Waals surface area contributed by atoms with Crippen molar-refractivity contribution in [2.24, 2.45) is 5.41 Å². The molecule has 3 aliphatic rings. The third-order valence-corrected chi connectivity index (χ3v) is 7.57. The topological polar surface area (TPSA) is 60.9 Å². The average Bonchev–Trinajstić information content (AvgIpc) is 2.84. The SMILES string of the molecule is CN1C(=O)N(C)C(=O)C2(Cc3cc(C(F)(F)F)ccc3N3CCC(c4ccccc4)CC32)C1=O. The van der Waals surface area contributed by atoms with Crippen LogP contribution in [0.2, 0.25) is 0 Å². The zero-order valence-corrected chi connectivity index (χ0v) is 18.8. The second-order valence-electron chi connectivity index (χ2n) is 9.34. The number of imide groups is 2. The molecule has 0 aliphatic carbocycles. The van der Waals surface area contributed by atoms with Crippen LogP contribution in [-0.4, -0.2) is 54.3 Å². The van der Waals surface area contributed by atoms with Crippen molar-refractivity contribution >= 4 is 23.5 Å². The first-order valence-electron chi connectivity index (χ1n) is 11.2. The zero-order valence-electron chi connectivity index (χ0n) is 18.8. The summed E-state index contributed by atoms with van der Waals surface area (Å²) in [5.41, 5.74) is -0.515. The highest BCUT2D eigenvalue weighted by Crippen LogP contribution is 2.51. The van der Waals surface area contributed by atoms with Crippen molar-refractivity contribution in [1.29, 1.82) is 0 Å². The van der Waals surface area contributed by atoms with E-state index in [9.17, 15) is 27.6 Å². The number of hydrogen-bond acceptors (Lipinski definition) is 4. The number of fused-ring (bicyclic) bond motifs is 4. The lowest BCUT2D eigenvalue weighted by Gasteiger charge is -2.55. The van der Waals surface area contributed by atoms with Crippen LogP contribution in [0.25, 0.3) is 0 Å². The first-order chi connectivity index (χ1) is 16.1. The van der Waals surface area contributed by atoms with Crippen molar-refractivity contribution in [1.82, 2.24) is 9.80 Å². The highest BCUT2D eigenvalue weighted by molar-refractivity contribution is 6.20. The maximum Gasteiger partial charge on any atom is 0.416 e. The lowest BCUT2D eigenvalue weighted by atomic mass is 9.63. The number of hydrogen-bond donors (Lipinski definition) is 0. The maximum absolute atomic E-state index is 13.7. The molecule has 1 spiro atoms. The molecule has 0 aromatic heterocycles. The molecule has 2 aromatic carbocycles. The number of urea groups is 1. The molecule has 6 nitrogen and oxygen atoms in total. The smallest absolute Gasteiger partial charge is 0.367 e. The number of nitrogens with zero attached hydrogens (tertiary/aromatic N) is 3. The van der Waals surface area contributed by atoms with E-state index in [0.717, 1.165) is 33.9 Å². The van der Waals surface area contributed by atoms with E-state index < -0.39 is 41.0 Å². The Morgan fingerprint density at radius 2 is 1.59 bits per heavy atom. The fourth-order valence-electron chi connectivity index (χ4n) is 5.88. The van der Waals surface area contributed by atoms with E-state index in [1.54, 1.807) is 0 Å². The minimum atomic E-state index is -4.55. The molecule has 2 unspecified atom stereocenters. The van der Waals surface area contributed by atoms with Gasteiger partial charge in [-0.15, -0.1) is 0 Å². The van der Waals surface area contributed by atoms with E-state index in [0.29, 0.717) is 24.2 Å². The number of barbiturate groups is 1. The summed E-state index contributed by atoms with van der Waals surface area (Å²) < 4.78 is 40.5. The van der Waals surface area contributed by atoms with Crippen molar-refractivity contribution in [2.45, 2.75) is 37.4 Å². The molecular formula is C25H24F3N3O3. The number of benzene rings is 2. The van der Waals surface area contributed by atoms with Crippen molar-refractivity contribution in [3.63, 3.8) is 0 Å². The van der Waals surface area contributed by atoms with Crippen LogP contribution in [0.5, 0.6) is 0 Å². The summed E-state index contributed by atoms with van der Waals surface area (Å²) in [6, 6.07) is 12.0. The molecule has 0 saturated carbocycles. The molecule has 2 aromatic rings. The molecule has 9 heteroatoms. The van der Waals surface area contributed by atoms with Gasteiger partial charge in [0, 0.05) is 26.3 Å². The summed E-state index contributed by atoms with van der Waals surface area (Å²) in [6.45, 7) is 0.478. The van der Waals surface area contributed by atoms with Crippen LogP contribution in [0.1, 0.15) is 35.4 Å². The van der Waals surface area contributed by atoms with Crippen LogP contribution in [0.3, 0.4) is 0 Å². The summed E-state index contributed by atoms with van der Waals surface area (Å²) in [6.07, 6.45) is -3.54. The van der Waals surface area contributed by atoms with Crippen molar-refractivity contribution in [3.8, 4) is 0 Å². The van der Waals surface area contributed by atoms with Gasteiger partial charge in [-0.25, -0.2) is 4.79 Å². The van der Waals surface area contributed by atoms with E-state index in [4.69, 9.17) is 0 Å². The standard InChI is InChI=1S/C25H24F3N3O3/c1-29-21(32)24(22(33)30(2)23(29)34)14-17-12-18(25(26,27)28)8-9-19(17)31-11-10-16(13-20(24)31)15-6-4-3-5-7-15/h3-9,12,16,20H,10-11,13-14H2,1-2H3. The van der Waals surface area contributed by atoms with Gasteiger partial charge in [0.05, 0.1) is 11.6 Å². The molecule has 0 N–H and O–H groups in total. The molecule has 2 atom stereocenters. The van der Waals surface area contributed by atoms with Gasteiger partial charge >= 0.3 is 12.2 Å². The number of carbonyl (C=O) groups excluding carboxylic acids is 3. The highest BCUT2D eigenvalue weighted by atomic mass is 19.4. The van der Waals surface area contributed by atoms with E-state index in [1.807, 2.05) is 35.2 Å². The molecule has 0 bridgehead atoms. The Balaban J connectivity index is 1.67. The second-order valence-corrected chi connectivity index (χ2v) is 9.34. The number of anilines is 1. The van der Waals surface area contributed by atoms with Gasteiger partial charge in [-0.3, -0.25) is 19.4 Å². The number of amides is 4.